The van der Waals surface area contributed by atoms with Crippen LogP contribution in [0.2, 0.25) is 0 Å². The zero-order valence-electron chi connectivity index (χ0n) is 20.1. The Morgan fingerprint density at radius 3 is 2.18 bits per heavy atom. The zero-order valence-corrected chi connectivity index (χ0v) is 20.1. The minimum Gasteiger partial charge on any atom is -0.444 e. The van der Waals surface area contributed by atoms with Crippen LogP contribution in [0, 0.1) is 0 Å². The molecule has 0 aromatic heterocycles. The van der Waals surface area contributed by atoms with Crippen LogP contribution in [-0.2, 0) is 22.5 Å². The first-order valence-corrected chi connectivity index (χ1v) is 11.5. The van der Waals surface area contributed by atoms with Crippen LogP contribution in [0.4, 0.5) is 10.5 Å². The molecule has 1 atom stereocenters. The van der Waals surface area contributed by atoms with E-state index in [4.69, 9.17) is 4.74 Å². The molecule has 1 aliphatic rings. The molecule has 7 heteroatoms. The van der Waals surface area contributed by atoms with Gasteiger partial charge in [0.15, 0.2) is 0 Å². The van der Waals surface area contributed by atoms with Crippen molar-refractivity contribution in [2.75, 3.05) is 38.5 Å². The van der Waals surface area contributed by atoms with Crippen LogP contribution < -0.4 is 10.6 Å². The molecule has 2 aromatic rings. The lowest BCUT2D eigenvalue weighted by atomic mass is 10.0. The lowest BCUT2D eigenvalue weighted by Gasteiger charge is -2.35. The fourth-order valence-electron chi connectivity index (χ4n) is 3.69. The number of nitrogens with one attached hydrogen (secondary N) is 2. The molecule has 2 amide bonds. The Balaban J connectivity index is 1.65. The van der Waals surface area contributed by atoms with Crippen molar-refractivity contribution < 1.29 is 14.3 Å². The molecule has 1 saturated heterocycles. The van der Waals surface area contributed by atoms with Crippen molar-refractivity contribution in [2.45, 2.75) is 45.4 Å². The summed E-state index contributed by atoms with van der Waals surface area (Å²) < 4.78 is 5.41. The van der Waals surface area contributed by atoms with Crippen LogP contribution in [0.5, 0.6) is 0 Å². The maximum Gasteiger partial charge on any atom is 0.408 e. The Hall–Kier alpha value is -3.06. The highest BCUT2D eigenvalue weighted by atomic mass is 16.6. The van der Waals surface area contributed by atoms with Crippen molar-refractivity contribution in [3.8, 4) is 0 Å². The van der Waals surface area contributed by atoms with Gasteiger partial charge in [-0.05, 0) is 51.1 Å². The average Bonchev–Trinajstić information content (AvgIpc) is 2.77. The van der Waals surface area contributed by atoms with Crippen LogP contribution in [0.25, 0.3) is 0 Å². The van der Waals surface area contributed by atoms with Gasteiger partial charge in [0.25, 0.3) is 0 Å². The van der Waals surface area contributed by atoms with Crippen LogP contribution in [-0.4, -0.2) is 66.7 Å². The molecule has 1 aliphatic heterocycles. The average molecular weight is 453 g/mol. The molecule has 7 nitrogen and oxygen atoms in total. The number of nitrogens with zero attached hydrogens (tertiary/aromatic N) is 2. The number of hydrogen-bond acceptors (Lipinski definition) is 5. The molecule has 3 rings (SSSR count). The third-order valence-corrected chi connectivity index (χ3v) is 5.54. The number of benzene rings is 2. The summed E-state index contributed by atoms with van der Waals surface area (Å²) in [6.07, 6.45) is -0.167. The summed E-state index contributed by atoms with van der Waals surface area (Å²) in [6, 6.07) is 17.5. The van der Waals surface area contributed by atoms with Gasteiger partial charge in [-0.1, -0.05) is 42.5 Å². The first kappa shape index (κ1) is 24.6. The van der Waals surface area contributed by atoms with E-state index in [1.54, 1.807) is 0 Å². The zero-order chi connectivity index (χ0) is 23.8. The van der Waals surface area contributed by atoms with Crippen molar-refractivity contribution in [1.29, 1.82) is 0 Å². The van der Waals surface area contributed by atoms with Crippen molar-refractivity contribution >= 4 is 17.7 Å². The molecule has 2 N–H and O–H groups in total. The third-order valence-electron chi connectivity index (χ3n) is 5.54. The summed E-state index contributed by atoms with van der Waals surface area (Å²) in [5.74, 6) is -0.0692. The predicted molar refractivity (Wildman–Crippen MR) is 131 cm³/mol. The van der Waals surface area contributed by atoms with Crippen molar-refractivity contribution in [1.82, 2.24) is 15.1 Å². The summed E-state index contributed by atoms with van der Waals surface area (Å²) in [6.45, 7) is 9.14. The molecule has 0 aliphatic carbocycles. The standard InChI is InChI=1S/C26H36N4O3/c1-26(2,3)33-25(32)28-23(24(31)30-16-14-29(4)15-17-30)18-20-10-12-22(13-11-20)27-19-21-8-6-5-7-9-21/h5-13,23,27H,14-19H2,1-4H3,(H,28,32). The molecule has 2 aromatic carbocycles. The summed E-state index contributed by atoms with van der Waals surface area (Å²) in [4.78, 5) is 29.7. The van der Waals surface area contributed by atoms with Gasteiger partial charge in [0.1, 0.15) is 11.6 Å². The second-order valence-corrected chi connectivity index (χ2v) is 9.57. The van der Waals surface area contributed by atoms with Gasteiger partial charge in [0.05, 0.1) is 0 Å². The molecule has 1 heterocycles. The summed E-state index contributed by atoms with van der Waals surface area (Å²) in [7, 11) is 2.05. The quantitative estimate of drug-likeness (QED) is 0.673. The molecule has 0 bridgehead atoms. The SMILES string of the molecule is CN1CCN(C(=O)C(Cc2ccc(NCc3ccccc3)cc2)NC(=O)OC(C)(C)C)CC1. The van der Waals surface area contributed by atoms with E-state index in [1.807, 2.05) is 75.2 Å². The third kappa shape index (κ3) is 8.09. The molecule has 0 saturated carbocycles. The van der Waals surface area contributed by atoms with Crippen LogP contribution in [0.3, 0.4) is 0 Å². The van der Waals surface area contributed by atoms with E-state index >= 15 is 0 Å². The van der Waals surface area contributed by atoms with E-state index in [0.29, 0.717) is 19.5 Å². The van der Waals surface area contributed by atoms with E-state index in [9.17, 15) is 9.59 Å². The molecule has 1 fully saturated rings. The largest absolute Gasteiger partial charge is 0.444 e. The minimum atomic E-state index is -0.675. The van der Waals surface area contributed by atoms with Gasteiger partial charge in [-0.25, -0.2) is 4.79 Å². The van der Waals surface area contributed by atoms with Gasteiger partial charge in [-0.3, -0.25) is 4.79 Å². The molecule has 0 radical (unpaired) electrons. The number of carbonyl (C=O) groups excluding carboxylic acids is 2. The van der Waals surface area contributed by atoms with Crippen molar-refractivity contribution in [2.24, 2.45) is 0 Å². The Labute approximate surface area is 197 Å². The number of carbonyl (C=O) groups is 2. The Kier molecular flexibility index (Phi) is 8.33. The lowest BCUT2D eigenvalue weighted by molar-refractivity contribution is -0.135. The Bertz CT molecular complexity index is 901. The summed E-state index contributed by atoms with van der Waals surface area (Å²) in [5.41, 5.74) is 2.56. The molecule has 33 heavy (non-hydrogen) atoms. The highest BCUT2D eigenvalue weighted by Crippen LogP contribution is 2.15. The monoisotopic (exact) mass is 452 g/mol. The topological polar surface area (TPSA) is 73.9 Å². The molecular weight excluding hydrogens is 416 g/mol. The maximum absolute atomic E-state index is 13.3. The smallest absolute Gasteiger partial charge is 0.408 e. The van der Waals surface area contributed by atoms with Gasteiger partial charge >= 0.3 is 6.09 Å². The molecule has 1 unspecified atom stereocenters. The fourth-order valence-corrected chi connectivity index (χ4v) is 3.69. The highest BCUT2D eigenvalue weighted by Gasteiger charge is 2.29. The molecule has 0 spiro atoms. The normalized spacial score (nSPS) is 15.6. The number of likely N-dealkylation sites (N-methyl/N-ethyl adjacent to an activating group) is 1. The predicted octanol–water partition coefficient (Wildman–Crippen LogP) is 3.51. The van der Waals surface area contributed by atoms with E-state index in [0.717, 1.165) is 30.9 Å². The maximum atomic E-state index is 13.3. The van der Waals surface area contributed by atoms with Crippen molar-refractivity contribution in [3.63, 3.8) is 0 Å². The number of hydrogen-bond donors (Lipinski definition) is 2. The first-order valence-electron chi connectivity index (χ1n) is 11.5. The van der Waals surface area contributed by atoms with E-state index in [1.165, 1.54) is 5.56 Å². The Morgan fingerprint density at radius 2 is 1.58 bits per heavy atom. The number of rotatable bonds is 7. The lowest BCUT2D eigenvalue weighted by Crippen LogP contribution is -2.55. The van der Waals surface area contributed by atoms with E-state index in [-0.39, 0.29) is 5.91 Å². The second-order valence-electron chi connectivity index (χ2n) is 9.57. The Morgan fingerprint density at radius 1 is 0.939 bits per heavy atom. The number of amides is 2. The highest BCUT2D eigenvalue weighted by molar-refractivity contribution is 5.86. The molecule has 178 valence electrons. The minimum absolute atomic E-state index is 0.0692. The van der Waals surface area contributed by atoms with Gasteiger partial charge in [0.2, 0.25) is 5.91 Å². The number of anilines is 1. The fraction of sp³-hybridized carbons (Fsp3) is 0.462. The summed E-state index contributed by atoms with van der Waals surface area (Å²) >= 11 is 0. The van der Waals surface area contributed by atoms with Crippen LogP contribution in [0.15, 0.2) is 54.6 Å². The van der Waals surface area contributed by atoms with Gasteiger partial charge in [-0.15, -0.1) is 0 Å². The van der Waals surface area contributed by atoms with Crippen LogP contribution >= 0.6 is 0 Å². The molecular formula is C26H36N4O3. The van der Waals surface area contributed by atoms with Gasteiger partial charge < -0.3 is 25.2 Å². The van der Waals surface area contributed by atoms with E-state index < -0.39 is 17.7 Å². The number of alkyl carbamates (subject to hydrolysis) is 1. The van der Waals surface area contributed by atoms with Crippen molar-refractivity contribution in [3.05, 3.63) is 65.7 Å². The first-order chi connectivity index (χ1) is 15.7. The van der Waals surface area contributed by atoms with E-state index in [2.05, 4.69) is 27.7 Å². The van der Waals surface area contributed by atoms with Gasteiger partial charge in [0, 0.05) is 44.8 Å². The number of ether oxygens (including phenoxy) is 1. The summed E-state index contributed by atoms with van der Waals surface area (Å²) in [5, 5.41) is 6.22. The second kappa shape index (κ2) is 11.2. The van der Waals surface area contributed by atoms with Crippen LogP contribution in [0.1, 0.15) is 31.9 Å². The number of piperazine rings is 1. The van der Waals surface area contributed by atoms with Gasteiger partial charge in [-0.2, -0.15) is 0 Å².